The van der Waals surface area contributed by atoms with Crippen LogP contribution in [0.1, 0.15) is 11.1 Å². The van der Waals surface area contributed by atoms with E-state index < -0.39 is 5.82 Å². The van der Waals surface area contributed by atoms with Crippen LogP contribution in [0.2, 0.25) is 5.02 Å². The average Bonchev–Trinajstić information content (AvgIpc) is 2.45. The van der Waals surface area contributed by atoms with E-state index in [1.807, 2.05) is 0 Å². The van der Waals surface area contributed by atoms with Gasteiger partial charge < -0.3 is 0 Å². The molecule has 2 aromatic carbocycles. The molecule has 0 spiro atoms. The summed E-state index contributed by atoms with van der Waals surface area (Å²) >= 11 is 5.75. The smallest absolute Gasteiger partial charge is 0.145 e. The number of benzene rings is 2. The summed E-state index contributed by atoms with van der Waals surface area (Å²) in [4.78, 5) is 0. The Labute approximate surface area is 121 Å². The fourth-order valence-electron chi connectivity index (χ4n) is 2.07. The van der Waals surface area contributed by atoms with Gasteiger partial charge in [-0.05, 0) is 42.2 Å². The van der Waals surface area contributed by atoms with Gasteiger partial charge in [-0.1, -0.05) is 35.9 Å². The number of halogens is 3. The lowest BCUT2D eigenvalue weighted by molar-refractivity contribution is 0.506. The van der Waals surface area contributed by atoms with E-state index in [4.69, 9.17) is 17.4 Å². The van der Waals surface area contributed by atoms with Crippen LogP contribution in [0.4, 0.5) is 8.78 Å². The fourth-order valence-corrected chi connectivity index (χ4v) is 2.26. The number of nitrogens with one attached hydrogen (secondary N) is 1. The first-order valence-electron chi connectivity index (χ1n) is 6.23. The van der Waals surface area contributed by atoms with Gasteiger partial charge in [0.05, 0.1) is 5.02 Å². The van der Waals surface area contributed by atoms with E-state index in [1.165, 1.54) is 18.2 Å². The molecule has 106 valence electrons. The van der Waals surface area contributed by atoms with Crippen LogP contribution in [-0.2, 0) is 12.8 Å². The molecule has 0 fully saturated rings. The van der Waals surface area contributed by atoms with Crippen LogP contribution < -0.4 is 11.3 Å². The molecule has 0 heterocycles. The van der Waals surface area contributed by atoms with Crippen LogP contribution in [-0.4, -0.2) is 6.04 Å². The summed E-state index contributed by atoms with van der Waals surface area (Å²) in [6.45, 7) is 0. The number of rotatable bonds is 5. The van der Waals surface area contributed by atoms with Gasteiger partial charge in [0.15, 0.2) is 0 Å². The topological polar surface area (TPSA) is 38.0 Å². The fraction of sp³-hybridized carbons (Fsp3) is 0.200. The zero-order valence-electron chi connectivity index (χ0n) is 10.7. The van der Waals surface area contributed by atoms with E-state index in [0.717, 1.165) is 5.56 Å². The average molecular weight is 297 g/mol. The van der Waals surface area contributed by atoms with Crippen molar-refractivity contribution in [1.82, 2.24) is 5.43 Å². The number of hydrogen-bond donors (Lipinski definition) is 2. The molecule has 0 saturated heterocycles. The van der Waals surface area contributed by atoms with E-state index in [2.05, 4.69) is 5.43 Å². The lowest BCUT2D eigenvalue weighted by atomic mass is 9.99. The van der Waals surface area contributed by atoms with Gasteiger partial charge in [0.25, 0.3) is 0 Å². The molecular weight excluding hydrogens is 282 g/mol. The highest BCUT2D eigenvalue weighted by Gasteiger charge is 2.13. The highest BCUT2D eigenvalue weighted by Crippen LogP contribution is 2.19. The van der Waals surface area contributed by atoms with Gasteiger partial charge in [-0.2, -0.15) is 0 Å². The summed E-state index contributed by atoms with van der Waals surface area (Å²) in [5.41, 5.74) is 4.09. The standard InChI is InChI=1S/C15H15ClF2N2/c16-14-3-1-2-11(15(14)18)9-13(20-19)8-10-4-6-12(17)7-5-10/h1-7,13,20H,8-9,19H2. The molecular formula is C15H15ClF2N2. The van der Waals surface area contributed by atoms with Gasteiger partial charge in [0.2, 0.25) is 0 Å². The monoisotopic (exact) mass is 296 g/mol. The van der Waals surface area contributed by atoms with Gasteiger partial charge in [0.1, 0.15) is 11.6 Å². The van der Waals surface area contributed by atoms with Crippen molar-refractivity contribution in [2.24, 2.45) is 5.84 Å². The van der Waals surface area contributed by atoms with Crippen molar-refractivity contribution in [3.8, 4) is 0 Å². The number of hydrazine groups is 1. The van der Waals surface area contributed by atoms with Gasteiger partial charge >= 0.3 is 0 Å². The SMILES string of the molecule is NNC(Cc1ccc(F)cc1)Cc1cccc(Cl)c1F. The van der Waals surface area contributed by atoms with E-state index in [9.17, 15) is 8.78 Å². The minimum atomic E-state index is -0.423. The zero-order chi connectivity index (χ0) is 14.5. The molecule has 1 atom stereocenters. The summed E-state index contributed by atoms with van der Waals surface area (Å²) < 4.78 is 26.7. The molecule has 2 aromatic rings. The molecule has 2 rings (SSSR count). The van der Waals surface area contributed by atoms with Crippen LogP contribution in [0.25, 0.3) is 0 Å². The molecule has 20 heavy (non-hydrogen) atoms. The highest BCUT2D eigenvalue weighted by atomic mass is 35.5. The first-order chi connectivity index (χ1) is 9.60. The maximum absolute atomic E-state index is 13.8. The van der Waals surface area contributed by atoms with Crippen LogP contribution in [0.5, 0.6) is 0 Å². The molecule has 0 aliphatic heterocycles. The van der Waals surface area contributed by atoms with Crippen LogP contribution in [0.15, 0.2) is 42.5 Å². The van der Waals surface area contributed by atoms with Crippen molar-refractivity contribution in [1.29, 1.82) is 0 Å². The Balaban J connectivity index is 2.09. The second-order valence-corrected chi connectivity index (χ2v) is 5.02. The Bertz CT molecular complexity index is 573. The summed E-state index contributed by atoms with van der Waals surface area (Å²) in [5, 5.41) is 0.0973. The zero-order valence-corrected chi connectivity index (χ0v) is 11.5. The predicted molar refractivity (Wildman–Crippen MR) is 76.3 cm³/mol. The molecule has 1 unspecified atom stereocenters. The highest BCUT2D eigenvalue weighted by molar-refractivity contribution is 6.30. The van der Waals surface area contributed by atoms with Crippen molar-refractivity contribution in [2.75, 3.05) is 0 Å². The van der Waals surface area contributed by atoms with Crippen molar-refractivity contribution < 1.29 is 8.78 Å². The summed E-state index contributed by atoms with van der Waals surface area (Å²) in [6, 6.07) is 10.9. The predicted octanol–water partition coefficient (Wildman–Crippen LogP) is 3.24. The van der Waals surface area contributed by atoms with E-state index in [0.29, 0.717) is 18.4 Å². The van der Waals surface area contributed by atoms with Crippen molar-refractivity contribution in [3.05, 3.63) is 70.2 Å². The molecule has 0 aliphatic rings. The third kappa shape index (κ3) is 3.76. The molecule has 2 nitrogen and oxygen atoms in total. The molecule has 5 heteroatoms. The van der Waals surface area contributed by atoms with Crippen molar-refractivity contribution in [3.63, 3.8) is 0 Å². The molecule has 0 saturated carbocycles. The first-order valence-corrected chi connectivity index (χ1v) is 6.61. The number of nitrogens with two attached hydrogens (primary N) is 1. The third-order valence-electron chi connectivity index (χ3n) is 3.13. The Kier molecular flexibility index (Phi) is 5.06. The molecule has 0 amide bonds. The first kappa shape index (κ1) is 14.9. The van der Waals surface area contributed by atoms with Gasteiger partial charge in [-0.3, -0.25) is 11.3 Å². The lowest BCUT2D eigenvalue weighted by Gasteiger charge is -2.16. The quantitative estimate of drug-likeness (QED) is 0.657. The van der Waals surface area contributed by atoms with E-state index in [1.54, 1.807) is 24.3 Å². The second kappa shape index (κ2) is 6.79. The Morgan fingerprint density at radius 2 is 1.75 bits per heavy atom. The Hall–Kier alpha value is -1.49. The van der Waals surface area contributed by atoms with Gasteiger partial charge in [0, 0.05) is 6.04 Å². The molecule has 0 aromatic heterocycles. The summed E-state index contributed by atoms with van der Waals surface area (Å²) in [7, 11) is 0. The minimum Gasteiger partial charge on any atom is -0.271 e. The number of hydrogen-bond acceptors (Lipinski definition) is 2. The van der Waals surface area contributed by atoms with Gasteiger partial charge in [-0.25, -0.2) is 8.78 Å². The van der Waals surface area contributed by atoms with Crippen LogP contribution >= 0.6 is 11.6 Å². The van der Waals surface area contributed by atoms with Crippen LogP contribution in [0.3, 0.4) is 0 Å². The third-order valence-corrected chi connectivity index (χ3v) is 3.42. The molecule has 3 N–H and O–H groups in total. The van der Waals surface area contributed by atoms with Crippen molar-refractivity contribution >= 4 is 11.6 Å². The van der Waals surface area contributed by atoms with Crippen LogP contribution in [0, 0.1) is 11.6 Å². The molecule has 0 radical (unpaired) electrons. The Morgan fingerprint density at radius 3 is 2.40 bits per heavy atom. The minimum absolute atomic E-state index is 0.0973. The summed E-state index contributed by atoms with van der Waals surface area (Å²) in [5.74, 6) is 4.80. The van der Waals surface area contributed by atoms with E-state index >= 15 is 0 Å². The maximum atomic E-state index is 13.8. The maximum Gasteiger partial charge on any atom is 0.145 e. The normalized spacial score (nSPS) is 12.4. The van der Waals surface area contributed by atoms with Crippen molar-refractivity contribution in [2.45, 2.75) is 18.9 Å². The molecule has 0 aliphatic carbocycles. The van der Waals surface area contributed by atoms with Gasteiger partial charge in [-0.15, -0.1) is 0 Å². The summed E-state index contributed by atoms with van der Waals surface area (Å²) in [6.07, 6.45) is 0.975. The lowest BCUT2D eigenvalue weighted by Crippen LogP contribution is -2.38. The largest absolute Gasteiger partial charge is 0.271 e. The van der Waals surface area contributed by atoms with E-state index in [-0.39, 0.29) is 16.9 Å². The Morgan fingerprint density at radius 1 is 1.05 bits per heavy atom. The second-order valence-electron chi connectivity index (χ2n) is 4.61. The molecule has 0 bridgehead atoms.